The molecule has 2 amide bonds. The number of hydrogen-bond acceptors (Lipinski definition) is 5. The third-order valence-electron chi connectivity index (χ3n) is 5.51. The second-order valence-corrected chi connectivity index (χ2v) is 8.96. The van der Waals surface area contributed by atoms with Crippen LogP contribution in [0.15, 0.2) is 24.3 Å². The molecule has 1 aliphatic heterocycles. The number of nitrogens with one attached hydrogen (secondary N) is 1. The van der Waals surface area contributed by atoms with Crippen molar-refractivity contribution in [1.82, 2.24) is 15.1 Å². The quantitative estimate of drug-likeness (QED) is 0.764. The first-order valence-electron chi connectivity index (χ1n) is 9.80. The van der Waals surface area contributed by atoms with Gasteiger partial charge in [-0.2, -0.15) is 0 Å². The van der Waals surface area contributed by atoms with Crippen molar-refractivity contribution in [3.8, 4) is 0 Å². The van der Waals surface area contributed by atoms with Gasteiger partial charge in [0.25, 0.3) is 5.91 Å². The molecule has 1 atom stereocenters. The Balaban J connectivity index is 1.42. The molecule has 2 fully saturated rings. The van der Waals surface area contributed by atoms with Crippen LogP contribution in [0.5, 0.6) is 0 Å². The first-order valence-corrected chi connectivity index (χ1v) is 11.0. The molecule has 1 unspecified atom stereocenters. The zero-order valence-electron chi connectivity index (χ0n) is 15.6. The predicted molar refractivity (Wildman–Crippen MR) is 110 cm³/mol. The zero-order valence-corrected chi connectivity index (χ0v) is 17.1. The van der Waals surface area contributed by atoms with Crippen LogP contribution in [0.1, 0.15) is 65.8 Å². The lowest BCUT2D eigenvalue weighted by Gasteiger charge is -2.24. The summed E-state index contributed by atoms with van der Waals surface area (Å²) < 4.78 is 0. The van der Waals surface area contributed by atoms with E-state index in [4.69, 9.17) is 11.6 Å². The number of halogens is 1. The number of aromatic nitrogens is 2. The Morgan fingerprint density at radius 1 is 1.18 bits per heavy atom. The first kappa shape index (κ1) is 19.3. The Morgan fingerprint density at radius 2 is 2.00 bits per heavy atom. The summed E-state index contributed by atoms with van der Waals surface area (Å²) in [5.41, 5.74) is 0.614. The van der Waals surface area contributed by atoms with Crippen LogP contribution in [0, 0.1) is 5.92 Å². The first-order chi connectivity index (χ1) is 13.6. The highest BCUT2D eigenvalue weighted by atomic mass is 35.5. The van der Waals surface area contributed by atoms with Crippen molar-refractivity contribution in [2.45, 2.75) is 51.0 Å². The van der Waals surface area contributed by atoms with Crippen LogP contribution in [0.4, 0.5) is 5.69 Å². The lowest BCUT2D eigenvalue weighted by molar-refractivity contribution is -0.133. The fraction of sp³-hybridized carbons (Fsp3) is 0.500. The zero-order chi connectivity index (χ0) is 19.5. The smallest absolute Gasteiger partial charge is 0.286 e. The minimum atomic E-state index is -0.312. The molecule has 2 heterocycles. The molecule has 4 rings (SSSR count). The number of likely N-dealkylation sites (tertiary alicyclic amines) is 1. The van der Waals surface area contributed by atoms with E-state index in [2.05, 4.69) is 15.5 Å². The van der Waals surface area contributed by atoms with Crippen LogP contribution >= 0.6 is 22.9 Å². The number of hydrogen-bond donors (Lipinski definition) is 1. The number of anilines is 1. The molecule has 148 valence electrons. The molecule has 1 N–H and O–H groups in total. The molecule has 8 heteroatoms. The summed E-state index contributed by atoms with van der Waals surface area (Å²) >= 11 is 7.22. The van der Waals surface area contributed by atoms with Crippen molar-refractivity contribution < 1.29 is 9.59 Å². The van der Waals surface area contributed by atoms with E-state index in [1.807, 2.05) is 4.90 Å². The van der Waals surface area contributed by atoms with Gasteiger partial charge in [0.1, 0.15) is 5.01 Å². The minimum Gasteiger partial charge on any atom is -0.333 e. The number of rotatable bonds is 5. The molecular formula is C20H23ClN4O2S. The van der Waals surface area contributed by atoms with Gasteiger partial charge in [-0.15, -0.1) is 10.2 Å². The van der Waals surface area contributed by atoms with Crippen molar-refractivity contribution in [2.24, 2.45) is 5.92 Å². The van der Waals surface area contributed by atoms with E-state index >= 15 is 0 Å². The van der Waals surface area contributed by atoms with Crippen LogP contribution in [0.3, 0.4) is 0 Å². The molecule has 2 aliphatic rings. The third-order valence-corrected chi connectivity index (χ3v) is 6.77. The summed E-state index contributed by atoms with van der Waals surface area (Å²) in [6.45, 7) is 0.764. The largest absolute Gasteiger partial charge is 0.333 e. The van der Waals surface area contributed by atoms with Crippen LogP contribution in [-0.2, 0) is 4.79 Å². The average molecular weight is 419 g/mol. The van der Waals surface area contributed by atoms with Crippen LogP contribution in [-0.4, -0.2) is 33.5 Å². The van der Waals surface area contributed by atoms with Crippen molar-refractivity contribution >= 4 is 40.4 Å². The molecule has 0 radical (unpaired) electrons. The van der Waals surface area contributed by atoms with Gasteiger partial charge in [-0.25, -0.2) is 0 Å². The molecule has 28 heavy (non-hydrogen) atoms. The lowest BCUT2D eigenvalue weighted by Crippen LogP contribution is -2.31. The Labute approximate surface area is 173 Å². The SMILES string of the molecule is O=C(Nc1cccc(Cl)c1)c1nnc(C2CCCN2C(=O)CC2CCCC2)s1. The fourth-order valence-corrected chi connectivity index (χ4v) is 5.19. The van der Waals surface area contributed by atoms with Gasteiger partial charge in [-0.1, -0.05) is 41.8 Å². The van der Waals surface area contributed by atoms with Crippen molar-refractivity contribution in [1.29, 1.82) is 0 Å². The van der Waals surface area contributed by atoms with Gasteiger partial charge in [-0.05, 0) is 49.8 Å². The number of amides is 2. The highest BCUT2D eigenvalue weighted by Gasteiger charge is 2.34. The lowest BCUT2D eigenvalue weighted by atomic mass is 10.0. The molecule has 1 aromatic carbocycles. The van der Waals surface area contributed by atoms with E-state index in [9.17, 15) is 9.59 Å². The molecule has 1 aromatic heterocycles. The molecule has 1 saturated heterocycles. The Kier molecular flexibility index (Phi) is 5.92. The maximum absolute atomic E-state index is 12.8. The molecular weight excluding hydrogens is 396 g/mol. The summed E-state index contributed by atoms with van der Waals surface area (Å²) in [5, 5.41) is 12.7. The average Bonchev–Trinajstić information content (AvgIpc) is 3.42. The maximum atomic E-state index is 12.8. The Morgan fingerprint density at radius 3 is 2.79 bits per heavy atom. The second kappa shape index (κ2) is 8.57. The monoisotopic (exact) mass is 418 g/mol. The maximum Gasteiger partial charge on any atom is 0.286 e. The highest BCUT2D eigenvalue weighted by molar-refractivity contribution is 7.13. The Bertz CT molecular complexity index is 865. The van der Waals surface area contributed by atoms with E-state index < -0.39 is 0 Å². The van der Waals surface area contributed by atoms with Gasteiger partial charge in [0.15, 0.2) is 0 Å². The van der Waals surface area contributed by atoms with Gasteiger partial charge >= 0.3 is 0 Å². The normalized spacial score (nSPS) is 19.9. The van der Waals surface area contributed by atoms with E-state index in [1.165, 1.54) is 24.2 Å². The summed E-state index contributed by atoms with van der Waals surface area (Å²) in [5.74, 6) is 0.435. The summed E-state index contributed by atoms with van der Waals surface area (Å²) in [7, 11) is 0. The summed E-state index contributed by atoms with van der Waals surface area (Å²) in [6.07, 6.45) is 7.28. The van der Waals surface area contributed by atoms with E-state index in [0.29, 0.717) is 28.1 Å². The fourth-order valence-electron chi connectivity index (χ4n) is 4.11. The number of benzene rings is 1. The molecule has 0 spiro atoms. The summed E-state index contributed by atoms with van der Waals surface area (Å²) in [6, 6.07) is 6.92. The van der Waals surface area contributed by atoms with Gasteiger partial charge in [0.05, 0.1) is 6.04 Å². The number of carbonyl (C=O) groups excluding carboxylic acids is 2. The van der Waals surface area contributed by atoms with Gasteiger partial charge in [-0.3, -0.25) is 9.59 Å². The van der Waals surface area contributed by atoms with Crippen molar-refractivity contribution in [3.05, 3.63) is 39.3 Å². The molecule has 2 aromatic rings. The van der Waals surface area contributed by atoms with E-state index in [-0.39, 0.29) is 17.9 Å². The summed E-state index contributed by atoms with van der Waals surface area (Å²) in [4.78, 5) is 27.2. The number of nitrogens with zero attached hydrogens (tertiary/aromatic N) is 3. The van der Waals surface area contributed by atoms with Crippen molar-refractivity contribution in [2.75, 3.05) is 11.9 Å². The van der Waals surface area contributed by atoms with Crippen LogP contribution < -0.4 is 5.32 Å². The molecule has 1 saturated carbocycles. The standard InChI is InChI=1S/C20H23ClN4O2S/c21-14-7-3-8-15(12-14)22-18(27)20-24-23-19(28-20)16-9-4-10-25(16)17(26)11-13-5-1-2-6-13/h3,7-8,12-13,16H,1-2,4-6,9-11H2,(H,22,27). The second-order valence-electron chi connectivity index (χ2n) is 7.51. The van der Waals surface area contributed by atoms with Crippen LogP contribution in [0.25, 0.3) is 0 Å². The minimum absolute atomic E-state index is 0.0564. The third kappa shape index (κ3) is 4.36. The van der Waals surface area contributed by atoms with Gasteiger partial charge in [0, 0.05) is 23.7 Å². The molecule has 1 aliphatic carbocycles. The highest BCUT2D eigenvalue weighted by Crippen LogP contribution is 2.36. The van der Waals surface area contributed by atoms with Gasteiger partial charge < -0.3 is 10.2 Å². The topological polar surface area (TPSA) is 75.2 Å². The Hall–Kier alpha value is -1.99. The number of carbonyl (C=O) groups is 2. The predicted octanol–water partition coefficient (Wildman–Crippen LogP) is 4.69. The van der Waals surface area contributed by atoms with Crippen molar-refractivity contribution in [3.63, 3.8) is 0 Å². The molecule has 0 bridgehead atoms. The van der Waals surface area contributed by atoms with Crippen LogP contribution in [0.2, 0.25) is 5.02 Å². The molecule has 6 nitrogen and oxygen atoms in total. The van der Waals surface area contributed by atoms with E-state index in [0.717, 1.165) is 37.2 Å². The van der Waals surface area contributed by atoms with Gasteiger partial charge in [0.2, 0.25) is 10.9 Å². The van der Waals surface area contributed by atoms with E-state index in [1.54, 1.807) is 24.3 Å².